The molecule has 0 fully saturated rings. The van der Waals surface area contributed by atoms with E-state index in [0.717, 1.165) is 33.1 Å². The number of methoxy groups -OCH3 is 1. The maximum Gasteiger partial charge on any atom is 0.119 e. The van der Waals surface area contributed by atoms with E-state index in [9.17, 15) is 5.26 Å². The van der Waals surface area contributed by atoms with E-state index in [2.05, 4.69) is 17.2 Å². The second-order valence-electron chi connectivity index (χ2n) is 6.06. The Balaban J connectivity index is 2.06. The summed E-state index contributed by atoms with van der Waals surface area (Å²) in [5, 5.41) is 11.6. The number of allylic oxidation sites excluding steroid dienone is 1. The Hall–Kier alpha value is -3.58. The smallest absolute Gasteiger partial charge is 0.119 e. The first-order valence-electron chi connectivity index (χ1n) is 8.33. The van der Waals surface area contributed by atoms with Crippen LogP contribution in [-0.2, 0) is 6.54 Å². The topological polar surface area (TPSA) is 50.8 Å². The molecule has 0 saturated carbocycles. The summed E-state index contributed by atoms with van der Waals surface area (Å²) in [6.07, 6.45) is 3.89. The second kappa shape index (κ2) is 6.38. The van der Waals surface area contributed by atoms with Gasteiger partial charge < -0.3 is 9.30 Å². The zero-order chi connectivity index (χ0) is 18.1. The SMILES string of the molecule is C=CCn1cc(-c2nc3ccccc3cc2C#N)c2cc(OC)ccc21. The lowest BCUT2D eigenvalue weighted by atomic mass is 10.0. The van der Waals surface area contributed by atoms with Crippen LogP contribution in [0, 0.1) is 11.3 Å². The van der Waals surface area contributed by atoms with Gasteiger partial charge >= 0.3 is 0 Å². The average Bonchev–Trinajstić information content (AvgIpc) is 3.04. The highest BCUT2D eigenvalue weighted by molar-refractivity contribution is 5.98. The molecule has 4 heteroatoms. The molecule has 0 aliphatic carbocycles. The first kappa shape index (κ1) is 15.9. The molecule has 0 saturated heterocycles. The van der Waals surface area contributed by atoms with Gasteiger partial charge in [-0.15, -0.1) is 6.58 Å². The van der Waals surface area contributed by atoms with E-state index >= 15 is 0 Å². The van der Waals surface area contributed by atoms with Gasteiger partial charge in [0.1, 0.15) is 11.8 Å². The molecule has 126 valence electrons. The first-order valence-corrected chi connectivity index (χ1v) is 8.33. The normalized spacial score (nSPS) is 10.8. The molecule has 4 rings (SSSR count). The quantitative estimate of drug-likeness (QED) is 0.496. The Morgan fingerprint density at radius 3 is 2.85 bits per heavy atom. The second-order valence-corrected chi connectivity index (χ2v) is 6.06. The van der Waals surface area contributed by atoms with Crippen LogP contribution in [0.4, 0.5) is 0 Å². The van der Waals surface area contributed by atoms with Crippen molar-refractivity contribution < 1.29 is 4.74 Å². The molecule has 0 aliphatic rings. The average molecular weight is 339 g/mol. The summed E-state index contributed by atoms with van der Waals surface area (Å²) in [4.78, 5) is 4.79. The van der Waals surface area contributed by atoms with Crippen molar-refractivity contribution in [3.63, 3.8) is 0 Å². The van der Waals surface area contributed by atoms with E-state index in [4.69, 9.17) is 9.72 Å². The van der Waals surface area contributed by atoms with Crippen LogP contribution in [-0.4, -0.2) is 16.7 Å². The number of fused-ring (bicyclic) bond motifs is 2. The fraction of sp³-hybridized carbons (Fsp3) is 0.0909. The predicted octanol–water partition coefficient (Wildman–Crippen LogP) is 4.92. The minimum atomic E-state index is 0.559. The molecule has 0 unspecified atom stereocenters. The van der Waals surface area contributed by atoms with E-state index in [0.29, 0.717) is 17.8 Å². The number of nitriles is 1. The molecule has 0 radical (unpaired) electrons. The van der Waals surface area contributed by atoms with Gasteiger partial charge in [0.15, 0.2) is 0 Å². The highest BCUT2D eigenvalue weighted by Crippen LogP contribution is 2.35. The maximum atomic E-state index is 9.68. The lowest BCUT2D eigenvalue weighted by Gasteiger charge is -2.06. The predicted molar refractivity (Wildman–Crippen MR) is 104 cm³/mol. The van der Waals surface area contributed by atoms with Crippen molar-refractivity contribution in [3.05, 3.63) is 72.9 Å². The van der Waals surface area contributed by atoms with Gasteiger partial charge in [-0.2, -0.15) is 5.26 Å². The molecule has 4 nitrogen and oxygen atoms in total. The number of para-hydroxylation sites is 1. The summed E-state index contributed by atoms with van der Waals surface area (Å²) in [5.41, 5.74) is 4.09. The monoisotopic (exact) mass is 339 g/mol. The van der Waals surface area contributed by atoms with Crippen molar-refractivity contribution in [2.75, 3.05) is 7.11 Å². The largest absolute Gasteiger partial charge is 0.497 e. The molecule has 4 aromatic rings. The van der Waals surface area contributed by atoms with Crippen molar-refractivity contribution in [1.82, 2.24) is 9.55 Å². The fourth-order valence-electron chi connectivity index (χ4n) is 3.29. The van der Waals surface area contributed by atoms with Crippen molar-refractivity contribution in [3.8, 4) is 23.1 Å². The summed E-state index contributed by atoms with van der Waals surface area (Å²) in [7, 11) is 1.65. The third-order valence-electron chi connectivity index (χ3n) is 4.51. The molecule has 2 aromatic carbocycles. The van der Waals surface area contributed by atoms with E-state index in [1.165, 1.54) is 0 Å². The Labute approximate surface area is 151 Å². The van der Waals surface area contributed by atoms with Crippen LogP contribution >= 0.6 is 0 Å². The summed E-state index contributed by atoms with van der Waals surface area (Å²) < 4.78 is 7.50. The van der Waals surface area contributed by atoms with Gasteiger partial charge in [0.2, 0.25) is 0 Å². The highest BCUT2D eigenvalue weighted by atomic mass is 16.5. The molecule has 0 amide bonds. The van der Waals surface area contributed by atoms with Gasteiger partial charge in [-0.1, -0.05) is 24.3 Å². The Bertz CT molecular complexity index is 1180. The maximum absolute atomic E-state index is 9.68. The van der Waals surface area contributed by atoms with E-state index in [-0.39, 0.29) is 0 Å². The minimum absolute atomic E-state index is 0.559. The number of pyridine rings is 1. The lowest BCUT2D eigenvalue weighted by Crippen LogP contribution is -1.92. The summed E-state index contributed by atoms with van der Waals surface area (Å²) in [6, 6.07) is 18.0. The first-order chi connectivity index (χ1) is 12.7. The van der Waals surface area contributed by atoms with Crippen molar-refractivity contribution >= 4 is 21.8 Å². The lowest BCUT2D eigenvalue weighted by molar-refractivity contribution is 0.415. The van der Waals surface area contributed by atoms with Crippen LogP contribution in [0.3, 0.4) is 0 Å². The van der Waals surface area contributed by atoms with Gasteiger partial charge in [-0.05, 0) is 30.3 Å². The van der Waals surface area contributed by atoms with Gasteiger partial charge in [0.25, 0.3) is 0 Å². The number of aromatic nitrogens is 2. The number of rotatable bonds is 4. The van der Waals surface area contributed by atoms with E-state index < -0.39 is 0 Å². The molecule has 0 bridgehead atoms. The fourth-order valence-corrected chi connectivity index (χ4v) is 3.29. The molecule has 0 aliphatic heterocycles. The molecular weight excluding hydrogens is 322 g/mol. The molecular formula is C22H17N3O. The van der Waals surface area contributed by atoms with Gasteiger partial charge in [0, 0.05) is 34.6 Å². The van der Waals surface area contributed by atoms with Gasteiger partial charge in [0.05, 0.1) is 23.9 Å². The van der Waals surface area contributed by atoms with Crippen LogP contribution in [0.25, 0.3) is 33.1 Å². The summed E-state index contributed by atoms with van der Waals surface area (Å²) in [6.45, 7) is 4.52. The third-order valence-corrected chi connectivity index (χ3v) is 4.51. The molecule has 26 heavy (non-hydrogen) atoms. The van der Waals surface area contributed by atoms with Crippen LogP contribution in [0.15, 0.2) is 67.4 Å². The molecule has 2 heterocycles. The number of ether oxygens (including phenoxy) is 1. The third kappa shape index (κ3) is 2.51. The number of hydrogen-bond donors (Lipinski definition) is 0. The van der Waals surface area contributed by atoms with Crippen molar-refractivity contribution in [1.29, 1.82) is 5.26 Å². The number of benzene rings is 2. The number of hydrogen-bond acceptors (Lipinski definition) is 3. The van der Waals surface area contributed by atoms with Gasteiger partial charge in [-0.3, -0.25) is 0 Å². The van der Waals surface area contributed by atoms with Gasteiger partial charge in [-0.25, -0.2) is 4.98 Å². The summed E-state index contributed by atoms with van der Waals surface area (Å²) in [5.74, 6) is 0.773. The van der Waals surface area contributed by atoms with Crippen molar-refractivity contribution in [2.45, 2.75) is 6.54 Å². The Morgan fingerprint density at radius 1 is 1.23 bits per heavy atom. The minimum Gasteiger partial charge on any atom is -0.497 e. The Morgan fingerprint density at radius 2 is 2.08 bits per heavy atom. The van der Waals surface area contributed by atoms with E-state index in [1.807, 2.05) is 60.8 Å². The van der Waals surface area contributed by atoms with Crippen molar-refractivity contribution in [2.24, 2.45) is 0 Å². The molecule has 0 atom stereocenters. The number of nitrogens with zero attached hydrogens (tertiary/aromatic N) is 3. The molecule has 0 spiro atoms. The van der Waals surface area contributed by atoms with E-state index in [1.54, 1.807) is 7.11 Å². The van der Waals surface area contributed by atoms with Crippen LogP contribution < -0.4 is 4.74 Å². The standard InChI is InChI=1S/C22H17N3O/c1-3-10-25-14-19(18-12-17(26-2)8-9-21(18)25)22-16(13-23)11-15-6-4-5-7-20(15)24-22/h3-9,11-12,14H,1,10H2,2H3. The zero-order valence-electron chi connectivity index (χ0n) is 14.4. The zero-order valence-corrected chi connectivity index (χ0v) is 14.4. The van der Waals surface area contributed by atoms with Crippen LogP contribution in [0.2, 0.25) is 0 Å². The summed E-state index contributed by atoms with van der Waals surface area (Å²) >= 11 is 0. The van der Waals surface area contributed by atoms with Crippen LogP contribution in [0.1, 0.15) is 5.56 Å². The Kier molecular flexibility index (Phi) is 3.91. The van der Waals surface area contributed by atoms with Crippen LogP contribution in [0.5, 0.6) is 5.75 Å². The molecule has 2 aromatic heterocycles. The molecule has 0 N–H and O–H groups in total. The highest BCUT2D eigenvalue weighted by Gasteiger charge is 2.16.